The van der Waals surface area contributed by atoms with Gasteiger partial charge in [-0.1, -0.05) is 0 Å². The van der Waals surface area contributed by atoms with Gasteiger partial charge in [0, 0.05) is 12.6 Å². The van der Waals surface area contributed by atoms with Crippen LogP contribution < -0.4 is 11.0 Å². The second-order valence-electron chi connectivity index (χ2n) is 3.93. The molecule has 0 bridgehead atoms. The van der Waals surface area contributed by atoms with Gasteiger partial charge in [-0.15, -0.1) is 0 Å². The number of nitrogens with one attached hydrogen (secondary N) is 2. The molecule has 0 saturated heterocycles. The van der Waals surface area contributed by atoms with Crippen molar-refractivity contribution in [3.8, 4) is 0 Å². The molecule has 1 rings (SSSR count). The number of H-pyrrole nitrogens is 1. The summed E-state index contributed by atoms with van der Waals surface area (Å²) in [5.41, 5.74) is -0.605. The van der Waals surface area contributed by atoms with Gasteiger partial charge in [-0.25, -0.2) is 4.79 Å². The summed E-state index contributed by atoms with van der Waals surface area (Å²) in [7, 11) is 1.68. The van der Waals surface area contributed by atoms with Crippen molar-refractivity contribution in [3.05, 3.63) is 15.3 Å². The molecule has 1 aromatic heterocycles. The fourth-order valence-corrected chi connectivity index (χ4v) is 1.58. The Hall–Kier alpha value is -1.17. The summed E-state index contributed by atoms with van der Waals surface area (Å²) in [6.45, 7) is 5.70. The molecule has 78 valence electrons. The van der Waals surface area contributed by atoms with Crippen molar-refractivity contribution in [1.82, 2.24) is 14.5 Å². The molecule has 2 N–H and O–H groups in total. The molecule has 0 saturated carbocycles. The van der Waals surface area contributed by atoms with Gasteiger partial charge in [0.25, 0.3) is 0 Å². The molecule has 0 unspecified atom stereocenters. The summed E-state index contributed by atoms with van der Waals surface area (Å²) >= 11 is 5.03. The summed E-state index contributed by atoms with van der Waals surface area (Å²) in [6.07, 6.45) is 0. The van der Waals surface area contributed by atoms with Crippen molar-refractivity contribution < 1.29 is 0 Å². The van der Waals surface area contributed by atoms with Gasteiger partial charge in [-0.05, 0) is 33.0 Å². The van der Waals surface area contributed by atoms with E-state index in [0.717, 1.165) is 0 Å². The normalized spacial score (nSPS) is 11.4. The lowest BCUT2D eigenvalue weighted by Crippen LogP contribution is -2.37. The maximum absolute atomic E-state index is 11.6. The van der Waals surface area contributed by atoms with Gasteiger partial charge in [0.05, 0.1) is 0 Å². The van der Waals surface area contributed by atoms with E-state index >= 15 is 0 Å². The molecule has 0 amide bonds. The van der Waals surface area contributed by atoms with Gasteiger partial charge >= 0.3 is 5.69 Å². The molecule has 0 aromatic carbocycles. The summed E-state index contributed by atoms with van der Waals surface area (Å²) in [6, 6.07) is 0. The van der Waals surface area contributed by atoms with Crippen LogP contribution in [-0.4, -0.2) is 21.6 Å². The number of rotatable bonds is 1. The van der Waals surface area contributed by atoms with E-state index in [1.165, 1.54) is 4.57 Å². The van der Waals surface area contributed by atoms with E-state index in [0.29, 0.717) is 5.95 Å². The molecule has 0 radical (unpaired) electrons. The maximum Gasteiger partial charge on any atom is 0.330 e. The highest BCUT2D eigenvalue weighted by atomic mass is 32.1. The van der Waals surface area contributed by atoms with E-state index < -0.39 is 0 Å². The molecule has 0 fully saturated rings. The number of nitrogens with zero attached hydrogens (tertiary/aromatic N) is 2. The molecule has 5 nitrogen and oxygen atoms in total. The number of anilines is 1. The second kappa shape index (κ2) is 3.53. The van der Waals surface area contributed by atoms with E-state index in [2.05, 4.69) is 15.3 Å². The highest BCUT2D eigenvalue weighted by Crippen LogP contribution is 2.10. The van der Waals surface area contributed by atoms with Gasteiger partial charge < -0.3 is 5.32 Å². The van der Waals surface area contributed by atoms with Crippen molar-refractivity contribution in [3.63, 3.8) is 0 Å². The standard InChI is InChI=1S/C8H14N4OS/c1-8(2,3)12-6(13)10-5(9-4)11-7(12)14/h1-4H3,(H2,9,10,11,13,14). The molecule has 0 aliphatic rings. The van der Waals surface area contributed by atoms with Crippen molar-refractivity contribution in [2.45, 2.75) is 26.3 Å². The number of hydrogen-bond acceptors (Lipinski definition) is 4. The third kappa shape index (κ3) is 2.01. The third-order valence-corrected chi connectivity index (χ3v) is 2.01. The predicted octanol–water partition coefficient (Wildman–Crippen LogP) is 1.10. The minimum atomic E-state index is -0.357. The lowest BCUT2D eigenvalue weighted by atomic mass is 10.1. The van der Waals surface area contributed by atoms with Gasteiger partial charge in [-0.3, -0.25) is 9.55 Å². The van der Waals surface area contributed by atoms with Crippen LogP contribution in [0.4, 0.5) is 5.95 Å². The molecule has 1 aromatic rings. The van der Waals surface area contributed by atoms with Crippen LogP contribution in [0.2, 0.25) is 0 Å². The first kappa shape index (κ1) is 10.9. The van der Waals surface area contributed by atoms with Crippen LogP contribution in [-0.2, 0) is 5.54 Å². The largest absolute Gasteiger partial charge is 0.359 e. The molecule has 0 spiro atoms. The van der Waals surface area contributed by atoms with Crippen LogP contribution >= 0.6 is 12.2 Å². The minimum Gasteiger partial charge on any atom is -0.359 e. The molecular weight excluding hydrogens is 200 g/mol. The zero-order valence-corrected chi connectivity index (χ0v) is 9.53. The van der Waals surface area contributed by atoms with Crippen molar-refractivity contribution >= 4 is 18.2 Å². The lowest BCUT2D eigenvalue weighted by Gasteiger charge is -2.21. The summed E-state index contributed by atoms with van der Waals surface area (Å²) < 4.78 is 1.73. The number of aromatic nitrogens is 3. The second-order valence-corrected chi connectivity index (χ2v) is 4.29. The topological polar surface area (TPSA) is 62.7 Å². The van der Waals surface area contributed by atoms with Crippen molar-refractivity contribution in [2.24, 2.45) is 0 Å². The SMILES string of the molecule is CNc1nc(=S)n(C(C)(C)C)c(=O)[nH]1. The zero-order valence-electron chi connectivity index (χ0n) is 8.71. The molecule has 0 aliphatic heterocycles. The van der Waals surface area contributed by atoms with Gasteiger partial charge in [0.15, 0.2) is 0 Å². The molecule has 14 heavy (non-hydrogen) atoms. The highest BCUT2D eigenvalue weighted by molar-refractivity contribution is 7.71. The molecule has 6 heteroatoms. The third-order valence-electron chi connectivity index (χ3n) is 1.73. The van der Waals surface area contributed by atoms with E-state index in [1.807, 2.05) is 20.8 Å². The lowest BCUT2D eigenvalue weighted by molar-refractivity contribution is 0.367. The molecule has 0 atom stereocenters. The Labute approximate surface area is 87.2 Å². The highest BCUT2D eigenvalue weighted by Gasteiger charge is 2.17. The first-order valence-electron chi connectivity index (χ1n) is 4.28. The average molecular weight is 214 g/mol. The minimum absolute atomic E-state index is 0.248. The summed E-state index contributed by atoms with van der Waals surface area (Å²) in [5.74, 6) is 0.389. The van der Waals surface area contributed by atoms with Crippen LogP contribution in [0.25, 0.3) is 0 Å². The Bertz CT molecular complexity index is 409. The van der Waals surface area contributed by atoms with E-state index in [4.69, 9.17) is 12.2 Å². The van der Waals surface area contributed by atoms with Crippen LogP contribution in [0.1, 0.15) is 20.8 Å². The number of hydrogen-bond donors (Lipinski definition) is 2. The Morgan fingerprint density at radius 1 is 1.50 bits per heavy atom. The summed E-state index contributed by atoms with van der Waals surface area (Å²) in [5, 5.41) is 2.74. The smallest absolute Gasteiger partial charge is 0.330 e. The Morgan fingerprint density at radius 2 is 2.07 bits per heavy atom. The van der Waals surface area contributed by atoms with Crippen LogP contribution in [0, 0.1) is 4.77 Å². The molecular formula is C8H14N4OS. The maximum atomic E-state index is 11.6. The van der Waals surface area contributed by atoms with Gasteiger partial charge in [-0.2, -0.15) is 4.98 Å². The van der Waals surface area contributed by atoms with Crippen LogP contribution in [0.3, 0.4) is 0 Å². The van der Waals surface area contributed by atoms with Gasteiger partial charge in [0.1, 0.15) is 0 Å². The first-order valence-corrected chi connectivity index (χ1v) is 4.68. The summed E-state index contributed by atoms with van der Waals surface area (Å²) in [4.78, 5) is 18.2. The Balaban J connectivity index is 3.49. The van der Waals surface area contributed by atoms with E-state index in [9.17, 15) is 4.79 Å². The van der Waals surface area contributed by atoms with Gasteiger partial charge in [0.2, 0.25) is 10.7 Å². The average Bonchev–Trinajstić information content (AvgIpc) is 1.99. The molecule has 1 heterocycles. The monoisotopic (exact) mass is 214 g/mol. The van der Waals surface area contributed by atoms with Crippen LogP contribution in [0.5, 0.6) is 0 Å². The zero-order chi connectivity index (χ0) is 10.9. The Morgan fingerprint density at radius 3 is 2.43 bits per heavy atom. The van der Waals surface area contributed by atoms with E-state index in [-0.39, 0.29) is 16.0 Å². The Kier molecular flexibility index (Phi) is 2.75. The van der Waals surface area contributed by atoms with Crippen molar-refractivity contribution in [1.29, 1.82) is 0 Å². The van der Waals surface area contributed by atoms with Crippen molar-refractivity contribution in [2.75, 3.05) is 12.4 Å². The quantitative estimate of drug-likeness (QED) is 0.687. The van der Waals surface area contributed by atoms with Crippen LogP contribution in [0.15, 0.2) is 4.79 Å². The predicted molar refractivity (Wildman–Crippen MR) is 58.2 cm³/mol. The number of aromatic amines is 1. The van der Waals surface area contributed by atoms with E-state index in [1.54, 1.807) is 7.05 Å². The fraction of sp³-hybridized carbons (Fsp3) is 0.625. The fourth-order valence-electron chi connectivity index (χ4n) is 1.13. The first-order chi connectivity index (χ1) is 6.36. The molecule has 0 aliphatic carbocycles.